The molecule has 0 spiro atoms. The first kappa shape index (κ1) is 19.7. The fourth-order valence-electron chi connectivity index (χ4n) is 2.48. The monoisotopic (exact) mass is 377 g/mol. The van der Waals surface area contributed by atoms with Crippen LogP contribution in [-0.4, -0.2) is 27.0 Å². The van der Waals surface area contributed by atoms with Crippen molar-refractivity contribution < 1.29 is 17.9 Å². The van der Waals surface area contributed by atoms with Crippen LogP contribution in [0.3, 0.4) is 0 Å². The number of nitrogens with two attached hydrogens (primary N) is 1. The number of rotatable bonds is 7. The van der Waals surface area contributed by atoms with Crippen LogP contribution in [0.1, 0.15) is 19.4 Å². The van der Waals surface area contributed by atoms with Crippen LogP contribution in [0.15, 0.2) is 53.4 Å². The van der Waals surface area contributed by atoms with E-state index < -0.39 is 22.0 Å². The average Bonchev–Trinajstić information content (AvgIpc) is 2.63. The molecule has 2 rings (SSSR count). The quantitative estimate of drug-likeness (QED) is 0.436. The lowest BCUT2D eigenvalue weighted by atomic mass is 10.2. The number of nitrogens with one attached hydrogen (secondary N) is 1. The number of ether oxygens (including phenoxy) is 1. The first-order valence-corrected chi connectivity index (χ1v) is 9.59. The van der Waals surface area contributed by atoms with Gasteiger partial charge in [0.15, 0.2) is 0 Å². The van der Waals surface area contributed by atoms with E-state index in [0.717, 1.165) is 9.87 Å². The lowest BCUT2D eigenvalue weighted by Crippen LogP contribution is -2.50. The third-order valence-corrected chi connectivity index (χ3v) is 5.77. The Labute approximate surface area is 153 Å². The van der Waals surface area contributed by atoms with E-state index in [1.54, 1.807) is 36.4 Å². The molecule has 0 aliphatic heterocycles. The van der Waals surface area contributed by atoms with E-state index in [0.29, 0.717) is 18.0 Å². The lowest BCUT2D eigenvalue weighted by Gasteiger charge is -2.29. The van der Waals surface area contributed by atoms with Crippen molar-refractivity contribution in [2.45, 2.75) is 31.7 Å². The van der Waals surface area contributed by atoms with Crippen LogP contribution in [0.2, 0.25) is 0 Å². The highest BCUT2D eigenvalue weighted by atomic mass is 32.2. The lowest BCUT2D eigenvalue weighted by molar-refractivity contribution is -0.121. The Morgan fingerprint density at radius 2 is 1.73 bits per heavy atom. The van der Waals surface area contributed by atoms with Crippen molar-refractivity contribution in [3.8, 4) is 5.75 Å². The van der Waals surface area contributed by atoms with Gasteiger partial charge in [0.05, 0.1) is 17.2 Å². The normalized spacial score (nSPS) is 12.3. The van der Waals surface area contributed by atoms with E-state index in [1.165, 1.54) is 19.1 Å². The van der Waals surface area contributed by atoms with Crippen molar-refractivity contribution in [1.29, 1.82) is 0 Å². The van der Waals surface area contributed by atoms with Crippen molar-refractivity contribution in [3.05, 3.63) is 54.1 Å². The number of hydrogen-bond acceptors (Lipinski definition) is 5. The average molecular weight is 377 g/mol. The van der Waals surface area contributed by atoms with E-state index in [2.05, 4.69) is 0 Å². The van der Waals surface area contributed by atoms with Crippen molar-refractivity contribution >= 4 is 21.6 Å². The minimum Gasteiger partial charge on any atom is -0.494 e. The third-order valence-electron chi connectivity index (χ3n) is 3.85. The van der Waals surface area contributed by atoms with Crippen molar-refractivity contribution in [2.24, 2.45) is 5.84 Å². The molecule has 7 nitrogen and oxygen atoms in total. The maximum Gasteiger partial charge on any atom is 0.265 e. The molecule has 0 bridgehead atoms. The highest BCUT2D eigenvalue weighted by molar-refractivity contribution is 7.92. The Bertz CT molecular complexity index is 849. The molecule has 0 heterocycles. The molecule has 140 valence electrons. The first-order chi connectivity index (χ1) is 12.3. The Morgan fingerprint density at radius 3 is 2.23 bits per heavy atom. The zero-order valence-electron chi connectivity index (χ0n) is 15.0. The number of amides is 1. The third kappa shape index (κ3) is 4.14. The number of hydrazine groups is 1. The number of aryl methyl sites for hydroxylation is 1. The number of carbonyl (C=O) groups is 1. The molecule has 1 amide bonds. The summed E-state index contributed by atoms with van der Waals surface area (Å²) in [5.41, 5.74) is 3.36. The molecule has 0 aliphatic rings. The maximum absolute atomic E-state index is 13.2. The molecule has 0 radical (unpaired) electrons. The Morgan fingerprint density at radius 1 is 1.15 bits per heavy atom. The second-order valence-electron chi connectivity index (χ2n) is 5.73. The van der Waals surface area contributed by atoms with Gasteiger partial charge in [0.1, 0.15) is 11.8 Å². The summed E-state index contributed by atoms with van der Waals surface area (Å²) in [6.45, 7) is 5.70. The van der Waals surface area contributed by atoms with E-state index in [1.807, 2.05) is 19.3 Å². The van der Waals surface area contributed by atoms with E-state index in [4.69, 9.17) is 10.6 Å². The van der Waals surface area contributed by atoms with Crippen LogP contribution >= 0.6 is 0 Å². The molecule has 0 aromatic heterocycles. The fraction of sp³-hybridized carbons (Fsp3) is 0.278. The van der Waals surface area contributed by atoms with Crippen molar-refractivity contribution in [2.75, 3.05) is 10.9 Å². The molecule has 2 aromatic rings. The van der Waals surface area contributed by atoms with Crippen LogP contribution < -0.4 is 20.3 Å². The molecule has 26 heavy (non-hydrogen) atoms. The van der Waals surface area contributed by atoms with Crippen LogP contribution in [0.4, 0.5) is 5.69 Å². The number of carbonyl (C=O) groups excluding carboxylic acids is 1. The highest BCUT2D eigenvalue weighted by Gasteiger charge is 2.33. The van der Waals surface area contributed by atoms with Gasteiger partial charge in [-0.05, 0) is 57.2 Å². The Kier molecular flexibility index (Phi) is 6.23. The molecule has 0 saturated carbocycles. The zero-order valence-corrected chi connectivity index (χ0v) is 15.8. The summed E-state index contributed by atoms with van der Waals surface area (Å²) in [6, 6.07) is 11.9. The topological polar surface area (TPSA) is 102 Å². The van der Waals surface area contributed by atoms with Crippen LogP contribution in [0.25, 0.3) is 0 Å². The molecule has 8 heteroatoms. The summed E-state index contributed by atoms with van der Waals surface area (Å²) in [6.07, 6.45) is 0. The molecule has 0 saturated heterocycles. The minimum absolute atomic E-state index is 0.0539. The molecule has 2 aromatic carbocycles. The van der Waals surface area contributed by atoms with Crippen LogP contribution in [0, 0.1) is 6.92 Å². The summed E-state index contributed by atoms with van der Waals surface area (Å²) < 4.78 is 32.8. The predicted molar refractivity (Wildman–Crippen MR) is 100 cm³/mol. The number of nitrogens with zero attached hydrogens (tertiary/aromatic N) is 1. The standard InChI is InChI=1S/C18H23N3O4S/c1-4-25-16-9-11-17(12-10-16)26(23,24)21(14(3)18(22)20-19)15-7-5-13(2)6-8-15/h5-12,14H,4,19H2,1-3H3,(H,20,22). The van der Waals surface area contributed by atoms with Gasteiger partial charge >= 0.3 is 0 Å². The number of anilines is 1. The van der Waals surface area contributed by atoms with Gasteiger partial charge in [0.2, 0.25) is 0 Å². The van der Waals surface area contributed by atoms with Crippen LogP contribution in [0.5, 0.6) is 5.75 Å². The summed E-state index contributed by atoms with van der Waals surface area (Å²) in [5, 5.41) is 0. The smallest absolute Gasteiger partial charge is 0.265 e. The number of hydrogen-bond donors (Lipinski definition) is 2. The van der Waals surface area contributed by atoms with Gasteiger partial charge in [-0.2, -0.15) is 0 Å². The Balaban J connectivity index is 2.51. The van der Waals surface area contributed by atoms with Gasteiger partial charge in [-0.1, -0.05) is 17.7 Å². The Hall–Kier alpha value is -2.58. The summed E-state index contributed by atoms with van der Waals surface area (Å²) in [4.78, 5) is 12.1. The largest absolute Gasteiger partial charge is 0.494 e. The first-order valence-electron chi connectivity index (χ1n) is 8.15. The van der Waals surface area contributed by atoms with E-state index in [-0.39, 0.29) is 4.90 Å². The highest BCUT2D eigenvalue weighted by Crippen LogP contribution is 2.27. The minimum atomic E-state index is -3.99. The molecule has 3 N–H and O–H groups in total. The van der Waals surface area contributed by atoms with Crippen molar-refractivity contribution in [3.63, 3.8) is 0 Å². The van der Waals surface area contributed by atoms with Gasteiger partial charge in [-0.3, -0.25) is 14.5 Å². The SMILES string of the molecule is CCOc1ccc(S(=O)(=O)N(c2ccc(C)cc2)C(C)C(=O)NN)cc1. The van der Waals surface area contributed by atoms with E-state index in [9.17, 15) is 13.2 Å². The molecule has 0 aliphatic carbocycles. The van der Waals surface area contributed by atoms with Gasteiger partial charge in [-0.15, -0.1) is 0 Å². The second-order valence-corrected chi connectivity index (χ2v) is 7.54. The molecule has 1 unspecified atom stereocenters. The summed E-state index contributed by atoms with van der Waals surface area (Å²) in [5.74, 6) is 5.17. The summed E-state index contributed by atoms with van der Waals surface area (Å²) in [7, 11) is -3.99. The second kappa shape index (κ2) is 8.20. The summed E-state index contributed by atoms with van der Waals surface area (Å²) >= 11 is 0. The van der Waals surface area contributed by atoms with Gasteiger partial charge in [0.25, 0.3) is 15.9 Å². The van der Waals surface area contributed by atoms with Crippen molar-refractivity contribution in [1.82, 2.24) is 5.43 Å². The number of sulfonamides is 1. The molecular formula is C18H23N3O4S. The maximum atomic E-state index is 13.2. The zero-order chi connectivity index (χ0) is 19.3. The fourth-order valence-corrected chi connectivity index (χ4v) is 4.10. The molecular weight excluding hydrogens is 354 g/mol. The van der Waals surface area contributed by atoms with Gasteiger partial charge in [0, 0.05) is 0 Å². The molecule has 1 atom stereocenters. The van der Waals surface area contributed by atoms with E-state index >= 15 is 0 Å². The van der Waals surface area contributed by atoms with Crippen LogP contribution in [-0.2, 0) is 14.8 Å². The van der Waals surface area contributed by atoms with Gasteiger partial charge in [-0.25, -0.2) is 14.3 Å². The molecule has 0 fully saturated rings. The number of benzene rings is 2. The van der Waals surface area contributed by atoms with Gasteiger partial charge < -0.3 is 4.74 Å². The predicted octanol–water partition coefficient (Wildman–Crippen LogP) is 1.97.